The van der Waals surface area contributed by atoms with Gasteiger partial charge in [0.25, 0.3) is 0 Å². The maximum atomic E-state index is 4.98. The Morgan fingerprint density at radius 3 is 2.61 bits per heavy atom. The Balaban J connectivity index is 2.10. The van der Waals surface area contributed by atoms with E-state index in [0.29, 0.717) is 0 Å². The van der Waals surface area contributed by atoms with E-state index in [0.717, 1.165) is 43.7 Å². The zero-order chi connectivity index (χ0) is 13.2. The van der Waals surface area contributed by atoms with Crippen LogP contribution < -0.4 is 5.32 Å². The number of hydrogen-bond donors (Lipinski definition) is 1. The average molecular weight is 315 g/mol. The Hall–Kier alpha value is -0.420. The number of ether oxygens (including phenoxy) is 1. The standard InChI is InChI=1S/C14H23BrN2O/c1-17(10-3-8-16-9-11-18-2)12-13-4-6-14(15)7-5-13/h4-7,16H,3,8-12H2,1-2H3. The number of hydrogen-bond acceptors (Lipinski definition) is 3. The number of rotatable bonds is 9. The first kappa shape index (κ1) is 15.6. The summed E-state index contributed by atoms with van der Waals surface area (Å²) in [7, 11) is 3.89. The van der Waals surface area contributed by atoms with E-state index in [1.807, 2.05) is 0 Å². The molecule has 0 aliphatic rings. The molecule has 3 nitrogen and oxygen atoms in total. The lowest BCUT2D eigenvalue weighted by Crippen LogP contribution is -2.25. The van der Waals surface area contributed by atoms with Gasteiger partial charge in [-0.2, -0.15) is 0 Å². The fourth-order valence-corrected chi connectivity index (χ4v) is 2.02. The van der Waals surface area contributed by atoms with Crippen LogP contribution >= 0.6 is 15.9 Å². The molecule has 0 aliphatic heterocycles. The highest BCUT2D eigenvalue weighted by Gasteiger charge is 2.00. The van der Waals surface area contributed by atoms with E-state index in [-0.39, 0.29) is 0 Å². The topological polar surface area (TPSA) is 24.5 Å². The summed E-state index contributed by atoms with van der Waals surface area (Å²) >= 11 is 3.45. The first-order valence-corrected chi connectivity index (χ1v) is 7.14. The molecule has 102 valence electrons. The van der Waals surface area contributed by atoms with Gasteiger partial charge in [0.1, 0.15) is 0 Å². The van der Waals surface area contributed by atoms with E-state index in [4.69, 9.17) is 4.74 Å². The van der Waals surface area contributed by atoms with Gasteiger partial charge in [-0.25, -0.2) is 0 Å². The Morgan fingerprint density at radius 1 is 1.22 bits per heavy atom. The molecule has 0 radical (unpaired) electrons. The second kappa shape index (κ2) is 9.50. The monoisotopic (exact) mass is 314 g/mol. The molecule has 0 unspecified atom stereocenters. The van der Waals surface area contributed by atoms with Crippen molar-refractivity contribution < 1.29 is 4.74 Å². The lowest BCUT2D eigenvalue weighted by molar-refractivity contribution is 0.198. The molecule has 0 bridgehead atoms. The molecular formula is C14H23BrN2O. The maximum Gasteiger partial charge on any atom is 0.0587 e. The zero-order valence-corrected chi connectivity index (χ0v) is 12.9. The van der Waals surface area contributed by atoms with Crippen molar-refractivity contribution in [3.05, 3.63) is 34.3 Å². The predicted molar refractivity (Wildman–Crippen MR) is 79.8 cm³/mol. The van der Waals surface area contributed by atoms with Crippen molar-refractivity contribution >= 4 is 15.9 Å². The van der Waals surface area contributed by atoms with Gasteiger partial charge in [0.05, 0.1) is 6.61 Å². The number of nitrogens with one attached hydrogen (secondary N) is 1. The fourth-order valence-electron chi connectivity index (χ4n) is 1.75. The maximum absolute atomic E-state index is 4.98. The molecule has 0 aliphatic carbocycles. The smallest absolute Gasteiger partial charge is 0.0587 e. The third-order valence-electron chi connectivity index (χ3n) is 2.74. The van der Waals surface area contributed by atoms with Crippen molar-refractivity contribution in [1.82, 2.24) is 10.2 Å². The van der Waals surface area contributed by atoms with E-state index >= 15 is 0 Å². The summed E-state index contributed by atoms with van der Waals surface area (Å²) < 4.78 is 6.12. The summed E-state index contributed by atoms with van der Waals surface area (Å²) in [4.78, 5) is 2.35. The van der Waals surface area contributed by atoms with Crippen LogP contribution in [0.25, 0.3) is 0 Å². The summed E-state index contributed by atoms with van der Waals surface area (Å²) in [6, 6.07) is 8.51. The van der Waals surface area contributed by atoms with Crippen LogP contribution in [0.1, 0.15) is 12.0 Å². The molecule has 1 aromatic carbocycles. The Kier molecular flexibility index (Phi) is 8.25. The van der Waals surface area contributed by atoms with Gasteiger partial charge in [-0.05, 0) is 44.3 Å². The highest BCUT2D eigenvalue weighted by atomic mass is 79.9. The molecule has 0 saturated carbocycles. The molecule has 0 heterocycles. The molecule has 18 heavy (non-hydrogen) atoms. The number of halogens is 1. The van der Waals surface area contributed by atoms with Gasteiger partial charge in [0.2, 0.25) is 0 Å². The summed E-state index contributed by atoms with van der Waals surface area (Å²) in [6.45, 7) is 4.89. The van der Waals surface area contributed by atoms with Crippen LogP contribution in [0.5, 0.6) is 0 Å². The molecule has 0 fully saturated rings. The normalized spacial score (nSPS) is 11.1. The molecule has 4 heteroatoms. The summed E-state index contributed by atoms with van der Waals surface area (Å²) in [5.74, 6) is 0. The Labute approximate surface area is 119 Å². The van der Waals surface area contributed by atoms with Gasteiger partial charge in [0.15, 0.2) is 0 Å². The molecule has 0 spiro atoms. The van der Waals surface area contributed by atoms with Gasteiger partial charge in [0, 0.05) is 24.7 Å². The van der Waals surface area contributed by atoms with E-state index in [9.17, 15) is 0 Å². The van der Waals surface area contributed by atoms with Crippen LogP contribution in [0, 0.1) is 0 Å². The van der Waals surface area contributed by atoms with Crippen molar-refractivity contribution in [2.45, 2.75) is 13.0 Å². The third-order valence-corrected chi connectivity index (χ3v) is 3.27. The molecule has 1 N–H and O–H groups in total. The summed E-state index contributed by atoms with van der Waals surface area (Å²) in [6.07, 6.45) is 1.16. The first-order chi connectivity index (χ1) is 8.72. The number of nitrogens with zero attached hydrogens (tertiary/aromatic N) is 1. The van der Waals surface area contributed by atoms with Crippen molar-refractivity contribution in [3.63, 3.8) is 0 Å². The molecule has 1 rings (SSSR count). The minimum absolute atomic E-state index is 0.786. The van der Waals surface area contributed by atoms with Crippen LogP contribution in [0.3, 0.4) is 0 Å². The Bertz CT molecular complexity index is 316. The summed E-state index contributed by atoms with van der Waals surface area (Å²) in [5, 5.41) is 3.36. The second-order valence-electron chi connectivity index (χ2n) is 4.46. The van der Waals surface area contributed by atoms with Gasteiger partial charge >= 0.3 is 0 Å². The molecule has 0 saturated heterocycles. The highest BCUT2D eigenvalue weighted by Crippen LogP contribution is 2.11. The van der Waals surface area contributed by atoms with E-state index in [2.05, 4.69) is 57.5 Å². The average Bonchev–Trinajstić information content (AvgIpc) is 2.36. The predicted octanol–water partition coefficient (Wildman–Crippen LogP) is 2.51. The fraction of sp³-hybridized carbons (Fsp3) is 0.571. The van der Waals surface area contributed by atoms with Crippen LogP contribution in [0.15, 0.2) is 28.7 Å². The van der Waals surface area contributed by atoms with Gasteiger partial charge in [-0.15, -0.1) is 0 Å². The van der Waals surface area contributed by atoms with Gasteiger partial charge in [-0.3, -0.25) is 0 Å². The van der Waals surface area contributed by atoms with E-state index in [1.54, 1.807) is 7.11 Å². The van der Waals surface area contributed by atoms with Crippen LogP contribution in [0.4, 0.5) is 0 Å². The molecule has 1 aromatic rings. The minimum Gasteiger partial charge on any atom is -0.383 e. The second-order valence-corrected chi connectivity index (χ2v) is 5.38. The number of methoxy groups -OCH3 is 1. The SMILES string of the molecule is COCCNCCCN(C)Cc1ccc(Br)cc1. The highest BCUT2D eigenvalue weighted by molar-refractivity contribution is 9.10. The van der Waals surface area contributed by atoms with Crippen LogP contribution in [-0.2, 0) is 11.3 Å². The number of benzene rings is 1. The van der Waals surface area contributed by atoms with E-state index < -0.39 is 0 Å². The van der Waals surface area contributed by atoms with Gasteiger partial charge in [-0.1, -0.05) is 28.1 Å². The first-order valence-electron chi connectivity index (χ1n) is 6.35. The lowest BCUT2D eigenvalue weighted by Gasteiger charge is -2.16. The van der Waals surface area contributed by atoms with Crippen LogP contribution in [0.2, 0.25) is 0 Å². The summed E-state index contributed by atoms with van der Waals surface area (Å²) in [5.41, 5.74) is 1.35. The molecule has 0 atom stereocenters. The van der Waals surface area contributed by atoms with E-state index in [1.165, 1.54) is 5.56 Å². The largest absolute Gasteiger partial charge is 0.383 e. The minimum atomic E-state index is 0.786. The molecule has 0 aromatic heterocycles. The Morgan fingerprint density at radius 2 is 1.94 bits per heavy atom. The van der Waals surface area contributed by atoms with Crippen molar-refractivity contribution in [3.8, 4) is 0 Å². The zero-order valence-electron chi connectivity index (χ0n) is 11.3. The molecule has 0 amide bonds. The quantitative estimate of drug-likeness (QED) is 0.709. The van der Waals surface area contributed by atoms with Crippen molar-refractivity contribution in [1.29, 1.82) is 0 Å². The van der Waals surface area contributed by atoms with Crippen molar-refractivity contribution in [2.24, 2.45) is 0 Å². The molecular weight excluding hydrogens is 292 g/mol. The van der Waals surface area contributed by atoms with Gasteiger partial charge < -0.3 is 15.0 Å². The van der Waals surface area contributed by atoms with Crippen LogP contribution in [-0.4, -0.2) is 45.3 Å². The third kappa shape index (κ3) is 7.11. The lowest BCUT2D eigenvalue weighted by atomic mass is 10.2. The van der Waals surface area contributed by atoms with Crippen molar-refractivity contribution in [2.75, 3.05) is 40.4 Å².